The maximum Gasteiger partial charge on any atom is 0.410 e. The Balaban J connectivity index is 1.86. The van der Waals surface area contributed by atoms with Crippen molar-refractivity contribution in [1.82, 2.24) is 9.88 Å². The molecule has 0 saturated carbocycles. The Hall–Kier alpha value is -1.72. The van der Waals surface area contributed by atoms with Gasteiger partial charge in [0.1, 0.15) is 19.6 Å². The Morgan fingerprint density at radius 1 is 1.45 bits per heavy atom. The summed E-state index contributed by atoms with van der Waals surface area (Å²) in [6, 6.07) is 3.47. The summed E-state index contributed by atoms with van der Waals surface area (Å²) in [6.45, 7) is 6.71. The van der Waals surface area contributed by atoms with Crippen molar-refractivity contribution in [2.24, 2.45) is 0 Å². The van der Waals surface area contributed by atoms with E-state index in [1.807, 2.05) is 20.8 Å². The summed E-state index contributed by atoms with van der Waals surface area (Å²) in [5.74, 6) is 0.523. The van der Waals surface area contributed by atoms with Crippen molar-refractivity contribution < 1.29 is 14.3 Å². The van der Waals surface area contributed by atoms with Crippen LogP contribution in [-0.2, 0) is 4.74 Å². The second-order valence-electron chi connectivity index (χ2n) is 5.88. The third kappa shape index (κ3) is 4.15. The zero-order valence-corrected chi connectivity index (χ0v) is 12.1. The molecule has 2 radical (unpaired) electrons. The van der Waals surface area contributed by atoms with Crippen molar-refractivity contribution in [3.8, 4) is 5.88 Å². The molecule has 5 nitrogen and oxygen atoms in total. The highest BCUT2D eigenvalue weighted by molar-refractivity contribution is 6.32. The standard InChI is InChI=1S/C14H19BN2O3/c1-14(2,3)20-13(18)17-7-6-11(9-17)19-12-5-4-10(15)8-16-12/h4-5,8,11H,6-7,9H2,1-3H3. The fraction of sp³-hybridized carbons (Fsp3) is 0.571. The van der Waals surface area contributed by atoms with Crippen LogP contribution in [0.5, 0.6) is 5.88 Å². The fourth-order valence-electron chi connectivity index (χ4n) is 1.95. The van der Waals surface area contributed by atoms with Crippen LogP contribution in [0.1, 0.15) is 27.2 Å². The molecule has 1 aliphatic rings. The van der Waals surface area contributed by atoms with Crippen molar-refractivity contribution >= 4 is 19.4 Å². The van der Waals surface area contributed by atoms with Gasteiger partial charge in [-0.25, -0.2) is 9.78 Å². The molecule has 1 aromatic heterocycles. The number of hydrogen-bond donors (Lipinski definition) is 0. The number of aromatic nitrogens is 1. The number of ether oxygens (including phenoxy) is 2. The fourth-order valence-corrected chi connectivity index (χ4v) is 1.95. The van der Waals surface area contributed by atoms with Crippen LogP contribution in [0.25, 0.3) is 0 Å². The molecule has 1 aromatic rings. The van der Waals surface area contributed by atoms with Crippen LogP contribution in [0.3, 0.4) is 0 Å². The first-order valence-corrected chi connectivity index (χ1v) is 6.69. The van der Waals surface area contributed by atoms with E-state index in [9.17, 15) is 4.79 Å². The lowest BCUT2D eigenvalue weighted by Crippen LogP contribution is -2.36. The normalized spacial score (nSPS) is 18.9. The minimum Gasteiger partial charge on any atom is -0.472 e. The number of carbonyl (C=O) groups is 1. The van der Waals surface area contributed by atoms with Crippen LogP contribution in [0.15, 0.2) is 18.3 Å². The second kappa shape index (κ2) is 5.73. The van der Waals surface area contributed by atoms with Crippen molar-refractivity contribution in [3.05, 3.63) is 18.3 Å². The lowest BCUT2D eigenvalue weighted by Gasteiger charge is -2.24. The summed E-state index contributed by atoms with van der Waals surface area (Å²) >= 11 is 0. The topological polar surface area (TPSA) is 51.7 Å². The Morgan fingerprint density at radius 2 is 2.20 bits per heavy atom. The van der Waals surface area contributed by atoms with Crippen molar-refractivity contribution in [3.63, 3.8) is 0 Å². The van der Waals surface area contributed by atoms with Crippen LogP contribution in [0.4, 0.5) is 4.79 Å². The quantitative estimate of drug-likeness (QED) is 0.762. The molecule has 0 aromatic carbocycles. The highest BCUT2D eigenvalue weighted by Crippen LogP contribution is 2.18. The molecule has 0 aliphatic carbocycles. The average Bonchev–Trinajstić information content (AvgIpc) is 2.79. The molecule has 1 aliphatic heterocycles. The van der Waals surface area contributed by atoms with Crippen LogP contribution < -0.4 is 10.2 Å². The largest absolute Gasteiger partial charge is 0.472 e. The smallest absolute Gasteiger partial charge is 0.410 e. The van der Waals surface area contributed by atoms with Gasteiger partial charge in [0.2, 0.25) is 5.88 Å². The van der Waals surface area contributed by atoms with Gasteiger partial charge in [-0.2, -0.15) is 0 Å². The number of hydrogen-bond acceptors (Lipinski definition) is 4. The maximum atomic E-state index is 11.9. The molecule has 20 heavy (non-hydrogen) atoms. The number of pyridine rings is 1. The molecule has 6 heteroatoms. The van der Waals surface area contributed by atoms with Crippen molar-refractivity contribution in [1.29, 1.82) is 0 Å². The predicted octanol–water partition coefficient (Wildman–Crippen LogP) is 1.26. The van der Waals surface area contributed by atoms with Gasteiger partial charge in [-0.3, -0.25) is 0 Å². The van der Waals surface area contributed by atoms with Gasteiger partial charge in [-0.1, -0.05) is 11.5 Å². The zero-order chi connectivity index (χ0) is 14.8. The number of nitrogens with zero attached hydrogens (tertiary/aromatic N) is 2. The van der Waals surface area contributed by atoms with Gasteiger partial charge < -0.3 is 14.4 Å². The Kier molecular flexibility index (Phi) is 4.21. The molecular weight excluding hydrogens is 255 g/mol. The van der Waals surface area contributed by atoms with E-state index in [4.69, 9.17) is 17.3 Å². The highest BCUT2D eigenvalue weighted by atomic mass is 16.6. The zero-order valence-electron chi connectivity index (χ0n) is 12.1. The lowest BCUT2D eigenvalue weighted by molar-refractivity contribution is 0.0275. The first kappa shape index (κ1) is 14.7. The van der Waals surface area contributed by atoms with Crippen LogP contribution in [-0.4, -0.2) is 48.6 Å². The summed E-state index contributed by atoms with van der Waals surface area (Å²) in [6.07, 6.45) is 1.97. The van der Waals surface area contributed by atoms with E-state index >= 15 is 0 Å². The Bertz CT molecular complexity index is 470. The van der Waals surface area contributed by atoms with E-state index in [1.54, 1.807) is 23.2 Å². The highest BCUT2D eigenvalue weighted by Gasteiger charge is 2.30. The molecule has 0 bridgehead atoms. The summed E-state index contributed by atoms with van der Waals surface area (Å²) in [7, 11) is 5.57. The maximum absolute atomic E-state index is 11.9. The van der Waals surface area contributed by atoms with Crippen molar-refractivity contribution in [2.75, 3.05) is 13.1 Å². The first-order valence-electron chi connectivity index (χ1n) is 6.69. The Labute approximate surface area is 120 Å². The molecule has 1 fully saturated rings. The van der Waals surface area contributed by atoms with Gasteiger partial charge in [0.05, 0.1) is 6.54 Å². The van der Waals surface area contributed by atoms with E-state index in [0.29, 0.717) is 24.4 Å². The number of likely N-dealkylation sites (tertiary alicyclic amines) is 1. The molecule has 2 heterocycles. The minimum atomic E-state index is -0.478. The summed E-state index contributed by atoms with van der Waals surface area (Å²) < 4.78 is 11.1. The second-order valence-corrected chi connectivity index (χ2v) is 5.88. The van der Waals surface area contributed by atoms with Crippen LogP contribution >= 0.6 is 0 Å². The number of amides is 1. The van der Waals surface area contributed by atoms with Crippen LogP contribution in [0, 0.1) is 0 Å². The molecule has 1 amide bonds. The van der Waals surface area contributed by atoms with E-state index in [2.05, 4.69) is 4.98 Å². The summed E-state index contributed by atoms with van der Waals surface area (Å²) in [5.41, 5.74) is 0.119. The monoisotopic (exact) mass is 274 g/mol. The van der Waals surface area contributed by atoms with Crippen molar-refractivity contribution in [2.45, 2.75) is 38.9 Å². The molecule has 1 unspecified atom stereocenters. The molecular formula is C14H19BN2O3. The lowest BCUT2D eigenvalue weighted by atomic mass is 9.99. The minimum absolute atomic E-state index is 0.0568. The van der Waals surface area contributed by atoms with Gasteiger partial charge in [0.25, 0.3) is 0 Å². The third-order valence-corrected chi connectivity index (χ3v) is 2.84. The van der Waals surface area contributed by atoms with E-state index in [1.165, 1.54) is 0 Å². The molecule has 106 valence electrons. The Morgan fingerprint density at radius 3 is 2.80 bits per heavy atom. The van der Waals surface area contributed by atoms with Gasteiger partial charge >= 0.3 is 6.09 Å². The molecule has 0 spiro atoms. The molecule has 0 N–H and O–H groups in total. The van der Waals surface area contributed by atoms with Gasteiger partial charge in [0.15, 0.2) is 0 Å². The van der Waals surface area contributed by atoms with E-state index < -0.39 is 5.60 Å². The van der Waals surface area contributed by atoms with Gasteiger partial charge in [-0.15, -0.1) is 0 Å². The van der Waals surface area contributed by atoms with E-state index in [-0.39, 0.29) is 12.2 Å². The van der Waals surface area contributed by atoms with Crippen LogP contribution in [0.2, 0.25) is 0 Å². The summed E-state index contributed by atoms with van der Waals surface area (Å²) in [5, 5.41) is 0. The SMILES string of the molecule is [B]c1ccc(OC2CCN(C(=O)OC(C)(C)C)C2)nc1. The van der Waals surface area contributed by atoms with E-state index in [0.717, 1.165) is 6.42 Å². The number of rotatable bonds is 2. The molecule has 1 saturated heterocycles. The predicted molar refractivity (Wildman–Crippen MR) is 76.5 cm³/mol. The molecule has 2 rings (SSSR count). The average molecular weight is 274 g/mol. The first-order chi connectivity index (χ1) is 9.33. The van der Waals surface area contributed by atoms with Gasteiger partial charge in [0, 0.05) is 19.2 Å². The third-order valence-electron chi connectivity index (χ3n) is 2.84. The van der Waals surface area contributed by atoms with Gasteiger partial charge in [-0.05, 0) is 26.8 Å². The molecule has 1 atom stereocenters. The summed E-state index contributed by atoms with van der Waals surface area (Å²) in [4.78, 5) is 17.7. The number of carbonyl (C=O) groups excluding carboxylic acids is 1.